The van der Waals surface area contributed by atoms with E-state index < -0.39 is 10.0 Å². The number of fused-ring (bicyclic) bond motifs is 1. The minimum atomic E-state index is -3.81. The molecule has 0 atom stereocenters. The van der Waals surface area contributed by atoms with Crippen LogP contribution >= 0.6 is 0 Å². The zero-order valence-electron chi connectivity index (χ0n) is 17.2. The zero-order chi connectivity index (χ0) is 21.0. The predicted octanol–water partition coefficient (Wildman–Crippen LogP) is 4.27. The Hall–Kier alpha value is -2.54. The Labute approximate surface area is 172 Å². The van der Waals surface area contributed by atoms with Crippen molar-refractivity contribution in [2.45, 2.75) is 51.3 Å². The summed E-state index contributed by atoms with van der Waals surface area (Å²) in [6.45, 7) is 6.82. The number of hydrogen-bond donors (Lipinski definition) is 1. The van der Waals surface area contributed by atoms with Crippen molar-refractivity contribution in [3.63, 3.8) is 0 Å². The number of sulfonamides is 1. The molecule has 0 unspecified atom stereocenters. The van der Waals surface area contributed by atoms with Gasteiger partial charge in [-0.1, -0.05) is 19.4 Å². The van der Waals surface area contributed by atoms with Gasteiger partial charge in [-0.2, -0.15) is 0 Å². The van der Waals surface area contributed by atoms with Gasteiger partial charge in [-0.25, -0.2) is 8.42 Å². The number of benzene rings is 2. The molecule has 6 nitrogen and oxygen atoms in total. The smallest absolute Gasteiger partial charge is 0.265 e. The van der Waals surface area contributed by atoms with Gasteiger partial charge in [0.05, 0.1) is 6.61 Å². The molecule has 1 aliphatic heterocycles. The van der Waals surface area contributed by atoms with Crippen LogP contribution in [-0.4, -0.2) is 27.5 Å². The molecule has 0 aliphatic carbocycles. The lowest BCUT2D eigenvalue weighted by Crippen LogP contribution is -2.35. The number of hydrogen-bond acceptors (Lipinski definition) is 4. The first-order chi connectivity index (χ1) is 13.9. The lowest BCUT2D eigenvalue weighted by Gasteiger charge is -2.30. The number of aryl methyl sites for hydroxylation is 2. The number of rotatable bonds is 8. The topological polar surface area (TPSA) is 75.7 Å². The molecule has 0 bridgehead atoms. The van der Waals surface area contributed by atoms with E-state index >= 15 is 0 Å². The molecule has 7 heteroatoms. The molecule has 29 heavy (non-hydrogen) atoms. The minimum absolute atomic E-state index is 0.122. The summed E-state index contributed by atoms with van der Waals surface area (Å²) >= 11 is 0. The number of nitrogens with one attached hydrogen (secondary N) is 1. The van der Waals surface area contributed by atoms with Crippen molar-refractivity contribution in [3.05, 3.63) is 47.5 Å². The van der Waals surface area contributed by atoms with Crippen molar-refractivity contribution in [1.82, 2.24) is 0 Å². The molecule has 0 saturated carbocycles. The number of nitrogens with zero attached hydrogens (tertiary/aromatic N) is 1. The van der Waals surface area contributed by atoms with E-state index in [9.17, 15) is 13.2 Å². The monoisotopic (exact) mass is 416 g/mol. The number of anilines is 2. The molecule has 156 valence electrons. The second-order valence-corrected chi connectivity index (χ2v) is 8.88. The van der Waals surface area contributed by atoms with Crippen molar-refractivity contribution in [2.75, 3.05) is 22.8 Å². The van der Waals surface area contributed by atoms with Crippen molar-refractivity contribution >= 4 is 27.3 Å². The fraction of sp³-hybridized carbons (Fsp3) is 0.409. The largest absolute Gasteiger partial charge is 0.492 e. The van der Waals surface area contributed by atoms with E-state index in [1.165, 1.54) is 0 Å². The van der Waals surface area contributed by atoms with Gasteiger partial charge in [0, 0.05) is 24.3 Å². The van der Waals surface area contributed by atoms with E-state index in [4.69, 9.17) is 4.74 Å². The second-order valence-electron chi connectivity index (χ2n) is 7.23. The van der Waals surface area contributed by atoms with Crippen LogP contribution in [0.5, 0.6) is 5.75 Å². The van der Waals surface area contributed by atoms with Crippen LogP contribution < -0.4 is 14.4 Å². The summed E-state index contributed by atoms with van der Waals surface area (Å²) in [6.07, 6.45) is 3.00. The number of unbranched alkanes of at least 4 members (excludes halogenated alkanes) is 1. The molecule has 1 aliphatic rings. The minimum Gasteiger partial charge on any atom is -0.492 e. The van der Waals surface area contributed by atoms with E-state index in [2.05, 4.69) is 11.6 Å². The summed E-state index contributed by atoms with van der Waals surface area (Å²) < 4.78 is 34.2. The average molecular weight is 417 g/mol. The maximum atomic E-state index is 13.0. The summed E-state index contributed by atoms with van der Waals surface area (Å²) in [7, 11) is -3.81. The van der Waals surface area contributed by atoms with Crippen LogP contribution in [0.3, 0.4) is 0 Å². The van der Waals surface area contributed by atoms with Gasteiger partial charge in [-0.3, -0.25) is 9.52 Å². The number of carbonyl (C=O) groups excluding carboxylic acids is 1. The van der Waals surface area contributed by atoms with Crippen LogP contribution in [0.1, 0.15) is 44.2 Å². The Morgan fingerprint density at radius 2 is 1.90 bits per heavy atom. The number of amides is 1. The summed E-state index contributed by atoms with van der Waals surface area (Å²) in [5.74, 6) is 0.459. The molecule has 0 radical (unpaired) electrons. The third-order valence-corrected chi connectivity index (χ3v) is 6.36. The van der Waals surface area contributed by atoms with Gasteiger partial charge < -0.3 is 9.64 Å². The molecule has 0 spiro atoms. The Balaban J connectivity index is 1.90. The summed E-state index contributed by atoms with van der Waals surface area (Å²) in [4.78, 5) is 14.2. The SMILES string of the molecule is CCCCN1C(=O)CCc2cc(NS(=O)(=O)c3cc(C)ccc3OCC)ccc21. The van der Waals surface area contributed by atoms with Gasteiger partial charge in [0.25, 0.3) is 10.0 Å². The van der Waals surface area contributed by atoms with Crippen molar-refractivity contribution in [1.29, 1.82) is 0 Å². The molecule has 3 rings (SSSR count). The fourth-order valence-electron chi connectivity index (χ4n) is 3.50. The van der Waals surface area contributed by atoms with Crippen LogP contribution in [0.25, 0.3) is 0 Å². The Morgan fingerprint density at radius 1 is 1.10 bits per heavy atom. The molecular formula is C22H28N2O4S. The first-order valence-electron chi connectivity index (χ1n) is 10.0. The predicted molar refractivity (Wildman–Crippen MR) is 115 cm³/mol. The normalized spacial score (nSPS) is 13.9. The lowest BCUT2D eigenvalue weighted by molar-refractivity contribution is -0.118. The van der Waals surface area contributed by atoms with Crippen molar-refractivity contribution in [2.24, 2.45) is 0 Å². The third kappa shape index (κ3) is 4.72. The first kappa shape index (κ1) is 21.2. The fourth-order valence-corrected chi connectivity index (χ4v) is 4.78. The molecule has 1 amide bonds. The summed E-state index contributed by atoms with van der Waals surface area (Å²) in [6, 6.07) is 10.5. The zero-order valence-corrected chi connectivity index (χ0v) is 18.0. The Bertz CT molecular complexity index is 1000. The molecular weight excluding hydrogens is 388 g/mol. The van der Waals surface area contributed by atoms with Crippen molar-refractivity contribution in [3.8, 4) is 5.75 Å². The van der Waals surface area contributed by atoms with Gasteiger partial charge >= 0.3 is 0 Å². The maximum absolute atomic E-state index is 13.0. The molecule has 0 saturated heterocycles. The standard InChI is InChI=1S/C22H28N2O4S/c1-4-6-13-24-19-10-9-18(15-17(19)8-12-22(24)25)23-29(26,27)21-14-16(3)7-11-20(21)28-5-2/h7,9-11,14-15,23H,4-6,8,12-13H2,1-3H3. The van der Waals surface area contributed by atoms with Crippen LogP contribution in [0, 0.1) is 6.92 Å². The maximum Gasteiger partial charge on any atom is 0.265 e. The van der Waals surface area contributed by atoms with Crippen LogP contribution in [0.4, 0.5) is 11.4 Å². The van der Waals surface area contributed by atoms with Crippen LogP contribution in [0.2, 0.25) is 0 Å². The van der Waals surface area contributed by atoms with Gasteiger partial charge in [0.15, 0.2) is 0 Å². The molecule has 2 aromatic rings. The number of carbonyl (C=O) groups is 1. The highest BCUT2D eigenvalue weighted by Crippen LogP contribution is 2.32. The number of ether oxygens (including phenoxy) is 1. The summed E-state index contributed by atoms with van der Waals surface area (Å²) in [5.41, 5.74) is 3.18. The molecule has 1 N–H and O–H groups in total. The van der Waals surface area contributed by atoms with Gasteiger partial charge in [0.1, 0.15) is 10.6 Å². The Morgan fingerprint density at radius 3 is 2.62 bits per heavy atom. The molecule has 2 aromatic carbocycles. The molecule has 1 heterocycles. The highest BCUT2D eigenvalue weighted by molar-refractivity contribution is 7.92. The highest BCUT2D eigenvalue weighted by atomic mass is 32.2. The first-order valence-corrected chi connectivity index (χ1v) is 11.5. The molecule has 0 fully saturated rings. The van der Waals surface area contributed by atoms with E-state index in [-0.39, 0.29) is 10.8 Å². The highest BCUT2D eigenvalue weighted by Gasteiger charge is 2.25. The second kappa shape index (κ2) is 8.86. The van der Waals surface area contributed by atoms with E-state index in [0.717, 1.165) is 29.7 Å². The van der Waals surface area contributed by atoms with Crippen molar-refractivity contribution < 1.29 is 17.9 Å². The van der Waals surface area contributed by atoms with Gasteiger partial charge in [0.2, 0.25) is 5.91 Å². The van der Waals surface area contributed by atoms with Crippen LogP contribution in [0.15, 0.2) is 41.3 Å². The van der Waals surface area contributed by atoms with E-state index in [1.807, 2.05) is 36.9 Å². The summed E-state index contributed by atoms with van der Waals surface area (Å²) in [5, 5.41) is 0. The Kier molecular flexibility index (Phi) is 6.47. The van der Waals surface area contributed by atoms with Crippen LogP contribution in [-0.2, 0) is 21.2 Å². The average Bonchev–Trinajstić information content (AvgIpc) is 2.68. The quantitative estimate of drug-likeness (QED) is 0.697. The lowest BCUT2D eigenvalue weighted by atomic mass is 10.00. The van der Waals surface area contributed by atoms with Gasteiger partial charge in [-0.05, 0) is 68.1 Å². The van der Waals surface area contributed by atoms with E-state index in [1.54, 1.807) is 18.2 Å². The third-order valence-electron chi connectivity index (χ3n) is 4.96. The van der Waals surface area contributed by atoms with E-state index in [0.29, 0.717) is 37.4 Å². The molecule has 0 aromatic heterocycles. The van der Waals surface area contributed by atoms with Gasteiger partial charge in [-0.15, -0.1) is 0 Å².